The minimum Gasteiger partial charge on any atom is -0.345 e. The molecule has 1 aliphatic carbocycles. The van der Waals surface area contributed by atoms with E-state index in [4.69, 9.17) is 5.26 Å². The van der Waals surface area contributed by atoms with Crippen LogP contribution in [0.25, 0.3) is 0 Å². The Bertz CT molecular complexity index is 1100. The molecule has 154 valence electrons. The van der Waals surface area contributed by atoms with E-state index in [2.05, 4.69) is 10.3 Å². The molecule has 1 saturated carbocycles. The molecule has 1 amide bonds. The molecular weight excluding hydrogens is 411 g/mol. The second-order valence-corrected chi connectivity index (χ2v) is 8.39. The lowest BCUT2D eigenvalue weighted by Gasteiger charge is -2.43. The van der Waals surface area contributed by atoms with Crippen molar-refractivity contribution in [1.82, 2.24) is 14.3 Å². The molecule has 12 heteroatoms. The summed E-state index contributed by atoms with van der Waals surface area (Å²) >= 11 is 0. The third-order valence-electron chi connectivity index (χ3n) is 4.73. The molecule has 2 N–H and O–H groups in total. The predicted molar refractivity (Wildman–Crippen MR) is 95.3 cm³/mol. The SMILES string of the molecule is Cn1cc(S(=O)(=O)NC2(C(F)(F)F)CCC2)cc1C(=O)Nc1ccnc(C#N)c1. The summed E-state index contributed by atoms with van der Waals surface area (Å²) in [6, 6.07) is 5.56. The van der Waals surface area contributed by atoms with Gasteiger partial charge in [-0.1, -0.05) is 0 Å². The van der Waals surface area contributed by atoms with Gasteiger partial charge in [-0.2, -0.15) is 23.2 Å². The Morgan fingerprint density at radius 1 is 1.34 bits per heavy atom. The number of anilines is 1. The van der Waals surface area contributed by atoms with Gasteiger partial charge in [-0.05, 0) is 37.5 Å². The number of sulfonamides is 1. The van der Waals surface area contributed by atoms with Gasteiger partial charge in [0.05, 0.1) is 0 Å². The van der Waals surface area contributed by atoms with Crippen LogP contribution in [0.5, 0.6) is 0 Å². The van der Waals surface area contributed by atoms with Crippen LogP contribution >= 0.6 is 0 Å². The quantitative estimate of drug-likeness (QED) is 0.760. The molecule has 0 aliphatic heterocycles. The average Bonchev–Trinajstić information content (AvgIpc) is 3.00. The number of rotatable bonds is 5. The van der Waals surface area contributed by atoms with E-state index in [1.807, 2.05) is 6.07 Å². The van der Waals surface area contributed by atoms with Crippen molar-refractivity contribution < 1.29 is 26.4 Å². The smallest absolute Gasteiger partial charge is 0.345 e. The highest BCUT2D eigenvalue weighted by molar-refractivity contribution is 7.89. The normalized spacial score (nSPS) is 16.0. The topological polar surface area (TPSA) is 117 Å². The molecule has 0 spiro atoms. The molecule has 29 heavy (non-hydrogen) atoms. The number of pyridine rings is 1. The standard InChI is InChI=1S/C17H16F3N5O3S/c1-25-10-13(29(27,28)24-16(4-2-5-16)17(18,19)20)8-14(25)15(26)23-11-3-6-22-12(7-11)9-21/h3,6-8,10,24H,2,4-5H2,1H3,(H,22,23,26). The maximum Gasteiger partial charge on any atom is 0.407 e. The van der Waals surface area contributed by atoms with E-state index in [1.54, 1.807) is 4.72 Å². The van der Waals surface area contributed by atoms with E-state index in [9.17, 15) is 26.4 Å². The Hall–Kier alpha value is -2.91. The van der Waals surface area contributed by atoms with Crippen molar-refractivity contribution in [2.45, 2.75) is 35.9 Å². The van der Waals surface area contributed by atoms with Gasteiger partial charge in [0.2, 0.25) is 10.0 Å². The molecular formula is C17H16F3N5O3S. The third-order valence-corrected chi connectivity index (χ3v) is 6.24. The number of halogens is 3. The Morgan fingerprint density at radius 3 is 2.59 bits per heavy atom. The van der Waals surface area contributed by atoms with E-state index >= 15 is 0 Å². The maximum atomic E-state index is 13.3. The minimum atomic E-state index is -4.72. The summed E-state index contributed by atoms with van der Waals surface area (Å²) < 4.78 is 67.9. The zero-order valence-electron chi connectivity index (χ0n) is 15.1. The molecule has 0 unspecified atom stereocenters. The largest absolute Gasteiger partial charge is 0.407 e. The van der Waals surface area contributed by atoms with Gasteiger partial charge >= 0.3 is 6.18 Å². The summed E-state index contributed by atoms with van der Waals surface area (Å²) in [5, 5.41) is 11.3. The minimum absolute atomic E-state index is 0.0695. The lowest BCUT2D eigenvalue weighted by Crippen LogP contribution is -2.62. The number of aromatic nitrogens is 2. The highest BCUT2D eigenvalue weighted by Crippen LogP contribution is 2.46. The van der Waals surface area contributed by atoms with Crippen molar-refractivity contribution in [2.75, 3.05) is 5.32 Å². The van der Waals surface area contributed by atoms with Gasteiger partial charge in [0.25, 0.3) is 5.91 Å². The van der Waals surface area contributed by atoms with Gasteiger partial charge in [-0.25, -0.2) is 13.4 Å². The molecule has 2 aromatic rings. The first-order chi connectivity index (χ1) is 13.5. The van der Waals surface area contributed by atoms with Crippen molar-refractivity contribution in [2.24, 2.45) is 7.05 Å². The molecule has 0 saturated heterocycles. The van der Waals surface area contributed by atoms with E-state index in [-0.39, 0.29) is 36.3 Å². The molecule has 0 bridgehead atoms. The number of nitriles is 1. The van der Waals surface area contributed by atoms with Crippen LogP contribution in [0, 0.1) is 11.3 Å². The van der Waals surface area contributed by atoms with Crippen LogP contribution in [0.15, 0.2) is 35.5 Å². The zero-order chi connectivity index (χ0) is 21.4. The highest BCUT2D eigenvalue weighted by atomic mass is 32.2. The first-order valence-corrected chi connectivity index (χ1v) is 9.90. The summed E-state index contributed by atoms with van der Waals surface area (Å²) in [7, 11) is -3.11. The monoisotopic (exact) mass is 427 g/mol. The van der Waals surface area contributed by atoms with E-state index < -0.39 is 32.5 Å². The van der Waals surface area contributed by atoms with Crippen molar-refractivity contribution in [3.8, 4) is 6.07 Å². The van der Waals surface area contributed by atoms with Gasteiger partial charge in [0.1, 0.15) is 27.9 Å². The third kappa shape index (κ3) is 3.96. The van der Waals surface area contributed by atoms with Crippen LogP contribution in [0.1, 0.15) is 35.4 Å². The van der Waals surface area contributed by atoms with Gasteiger partial charge in [0.15, 0.2) is 0 Å². The number of carbonyl (C=O) groups excluding carboxylic acids is 1. The molecule has 2 aromatic heterocycles. The number of nitrogens with one attached hydrogen (secondary N) is 2. The van der Waals surface area contributed by atoms with Crippen LogP contribution in [0.2, 0.25) is 0 Å². The van der Waals surface area contributed by atoms with Crippen LogP contribution in [0.3, 0.4) is 0 Å². The number of amides is 1. The number of carbonyl (C=O) groups is 1. The van der Waals surface area contributed by atoms with Gasteiger partial charge in [-0.3, -0.25) is 4.79 Å². The van der Waals surface area contributed by atoms with Crippen LogP contribution in [-0.4, -0.2) is 35.6 Å². The Balaban J connectivity index is 1.84. The van der Waals surface area contributed by atoms with Crippen molar-refractivity contribution in [3.05, 3.63) is 42.0 Å². The summed E-state index contributed by atoms with van der Waals surface area (Å²) in [4.78, 5) is 15.8. The van der Waals surface area contributed by atoms with Gasteiger partial charge in [-0.15, -0.1) is 0 Å². The fourth-order valence-electron chi connectivity index (χ4n) is 2.96. The van der Waals surface area contributed by atoms with Crippen LogP contribution in [0.4, 0.5) is 18.9 Å². The molecule has 0 aromatic carbocycles. The van der Waals surface area contributed by atoms with E-state index in [0.29, 0.717) is 0 Å². The number of hydrogen-bond donors (Lipinski definition) is 2. The van der Waals surface area contributed by atoms with E-state index in [0.717, 1.165) is 12.3 Å². The van der Waals surface area contributed by atoms with Crippen LogP contribution < -0.4 is 10.0 Å². The lowest BCUT2D eigenvalue weighted by atomic mass is 9.77. The summed E-state index contributed by atoms with van der Waals surface area (Å²) in [6.07, 6.45) is -2.74. The molecule has 3 rings (SSSR count). The number of alkyl halides is 3. The van der Waals surface area contributed by atoms with Crippen molar-refractivity contribution in [1.29, 1.82) is 5.26 Å². The number of nitrogens with zero attached hydrogens (tertiary/aromatic N) is 3. The molecule has 1 aliphatic rings. The lowest BCUT2D eigenvalue weighted by molar-refractivity contribution is -0.212. The number of aryl methyl sites for hydroxylation is 1. The first kappa shape index (κ1) is 20.8. The first-order valence-electron chi connectivity index (χ1n) is 8.42. The van der Waals surface area contributed by atoms with Crippen molar-refractivity contribution >= 4 is 21.6 Å². The fourth-order valence-corrected chi connectivity index (χ4v) is 4.48. The summed E-state index contributed by atoms with van der Waals surface area (Å²) in [5.41, 5.74) is -2.24. The summed E-state index contributed by atoms with van der Waals surface area (Å²) in [6.45, 7) is 0. The Kier molecular flexibility index (Phi) is 5.14. The zero-order valence-corrected chi connectivity index (χ0v) is 15.9. The molecule has 0 radical (unpaired) electrons. The average molecular weight is 427 g/mol. The number of hydrogen-bond acceptors (Lipinski definition) is 5. The predicted octanol–water partition coefficient (Wildman–Crippen LogP) is 2.31. The van der Waals surface area contributed by atoms with Gasteiger partial charge in [0, 0.05) is 25.1 Å². The van der Waals surface area contributed by atoms with Gasteiger partial charge < -0.3 is 9.88 Å². The summed E-state index contributed by atoms with van der Waals surface area (Å²) in [5.74, 6) is -0.696. The van der Waals surface area contributed by atoms with Crippen molar-refractivity contribution in [3.63, 3.8) is 0 Å². The second kappa shape index (κ2) is 7.16. The Labute approximate surface area is 164 Å². The second-order valence-electron chi connectivity index (χ2n) is 6.71. The molecule has 2 heterocycles. The maximum absolute atomic E-state index is 13.3. The highest BCUT2D eigenvalue weighted by Gasteiger charge is 2.60. The van der Waals surface area contributed by atoms with Crippen LogP contribution in [-0.2, 0) is 17.1 Å². The molecule has 1 fully saturated rings. The Morgan fingerprint density at radius 2 is 2.03 bits per heavy atom. The van der Waals surface area contributed by atoms with E-state index in [1.165, 1.54) is 29.9 Å². The molecule has 8 nitrogen and oxygen atoms in total. The molecule has 0 atom stereocenters. The fraction of sp³-hybridized carbons (Fsp3) is 0.353.